The van der Waals surface area contributed by atoms with Crippen LogP contribution in [0.15, 0.2) is 18.2 Å². The first-order chi connectivity index (χ1) is 7.20. The van der Waals surface area contributed by atoms with Crippen LogP contribution in [-0.2, 0) is 0 Å². The molecule has 1 N–H and O–H groups in total. The molecule has 0 heterocycles. The zero-order valence-electron chi connectivity index (χ0n) is 9.71. The van der Waals surface area contributed by atoms with Crippen molar-refractivity contribution in [3.63, 3.8) is 0 Å². The van der Waals surface area contributed by atoms with Gasteiger partial charge < -0.3 is 10.1 Å². The number of rotatable bonds is 4. The molecule has 1 saturated carbocycles. The van der Waals surface area contributed by atoms with Crippen molar-refractivity contribution < 1.29 is 4.74 Å². The van der Waals surface area contributed by atoms with Crippen LogP contribution in [0.2, 0.25) is 0 Å². The smallest absolute Gasteiger partial charge is 0.142 e. The second-order valence-electron chi connectivity index (χ2n) is 4.48. The molecule has 1 aliphatic rings. The summed E-state index contributed by atoms with van der Waals surface area (Å²) >= 11 is 0. The fraction of sp³-hybridized carbons (Fsp3) is 0.538. The highest BCUT2D eigenvalue weighted by atomic mass is 16.5. The Morgan fingerprint density at radius 3 is 2.60 bits per heavy atom. The van der Waals surface area contributed by atoms with Crippen molar-refractivity contribution in [2.45, 2.75) is 38.7 Å². The highest BCUT2D eigenvalue weighted by Gasteiger charge is 2.24. The fourth-order valence-electron chi connectivity index (χ4n) is 1.57. The monoisotopic (exact) mass is 205 g/mol. The predicted octanol–water partition coefficient (Wildman–Crippen LogP) is 3.39. The number of nitrogens with one attached hydrogen (secondary N) is 1. The molecule has 0 unspecified atom stereocenters. The van der Waals surface area contributed by atoms with Gasteiger partial charge in [-0.25, -0.2) is 0 Å². The second kappa shape index (κ2) is 4.13. The lowest BCUT2D eigenvalue weighted by atomic mass is 10.0. The molecule has 1 fully saturated rings. The van der Waals surface area contributed by atoms with Crippen molar-refractivity contribution in [2.75, 3.05) is 12.4 Å². The lowest BCUT2D eigenvalue weighted by molar-refractivity contribution is 0.304. The Morgan fingerprint density at radius 1 is 1.33 bits per heavy atom. The Kier molecular flexibility index (Phi) is 2.85. The fourth-order valence-corrected chi connectivity index (χ4v) is 1.57. The lowest BCUT2D eigenvalue weighted by Gasteiger charge is -2.13. The molecule has 1 aromatic carbocycles. The topological polar surface area (TPSA) is 21.3 Å². The van der Waals surface area contributed by atoms with Gasteiger partial charge >= 0.3 is 0 Å². The maximum Gasteiger partial charge on any atom is 0.142 e. The summed E-state index contributed by atoms with van der Waals surface area (Å²) < 4.78 is 5.82. The van der Waals surface area contributed by atoms with Gasteiger partial charge in [-0.1, -0.05) is 19.9 Å². The molecule has 2 heteroatoms. The summed E-state index contributed by atoms with van der Waals surface area (Å²) in [7, 11) is 1.94. The van der Waals surface area contributed by atoms with Crippen LogP contribution in [-0.4, -0.2) is 13.2 Å². The summed E-state index contributed by atoms with van der Waals surface area (Å²) in [5.74, 6) is 1.55. The molecule has 0 radical (unpaired) electrons. The zero-order valence-corrected chi connectivity index (χ0v) is 9.71. The van der Waals surface area contributed by atoms with E-state index in [4.69, 9.17) is 4.74 Å². The Balaban J connectivity index is 2.21. The van der Waals surface area contributed by atoms with Gasteiger partial charge in [0, 0.05) is 7.05 Å². The summed E-state index contributed by atoms with van der Waals surface area (Å²) in [4.78, 5) is 0. The Morgan fingerprint density at radius 2 is 2.07 bits per heavy atom. The number of benzene rings is 1. The van der Waals surface area contributed by atoms with Crippen LogP contribution < -0.4 is 10.1 Å². The molecule has 0 bridgehead atoms. The number of hydrogen-bond acceptors (Lipinski definition) is 2. The molecule has 15 heavy (non-hydrogen) atoms. The van der Waals surface area contributed by atoms with Crippen molar-refractivity contribution in [3.05, 3.63) is 23.8 Å². The van der Waals surface area contributed by atoms with Gasteiger partial charge in [0.25, 0.3) is 0 Å². The van der Waals surface area contributed by atoms with E-state index in [2.05, 4.69) is 37.4 Å². The number of ether oxygens (including phenoxy) is 1. The highest BCUT2D eigenvalue weighted by Crippen LogP contribution is 2.33. The van der Waals surface area contributed by atoms with E-state index in [-0.39, 0.29) is 0 Å². The molecule has 2 rings (SSSR count). The van der Waals surface area contributed by atoms with Crippen LogP contribution >= 0.6 is 0 Å². The van der Waals surface area contributed by atoms with E-state index in [0.717, 1.165) is 11.4 Å². The molecule has 0 amide bonds. The zero-order chi connectivity index (χ0) is 10.8. The van der Waals surface area contributed by atoms with Crippen molar-refractivity contribution in [3.8, 4) is 5.75 Å². The SMILES string of the molecule is CNc1cc(C(C)C)ccc1OC1CC1. The Bertz CT molecular complexity index is 342. The lowest BCUT2D eigenvalue weighted by Crippen LogP contribution is -2.01. The quantitative estimate of drug-likeness (QED) is 0.813. The van der Waals surface area contributed by atoms with Crippen LogP contribution in [0, 0.1) is 0 Å². The van der Waals surface area contributed by atoms with Crippen LogP contribution in [0.25, 0.3) is 0 Å². The third-order valence-corrected chi connectivity index (χ3v) is 2.76. The molecule has 1 aliphatic carbocycles. The van der Waals surface area contributed by atoms with Gasteiger partial charge in [-0.2, -0.15) is 0 Å². The third-order valence-electron chi connectivity index (χ3n) is 2.76. The minimum absolute atomic E-state index is 0.460. The number of anilines is 1. The van der Waals surface area contributed by atoms with Crippen molar-refractivity contribution in [1.29, 1.82) is 0 Å². The summed E-state index contributed by atoms with van der Waals surface area (Å²) in [5, 5.41) is 3.20. The predicted molar refractivity (Wildman–Crippen MR) is 63.7 cm³/mol. The van der Waals surface area contributed by atoms with Crippen molar-refractivity contribution >= 4 is 5.69 Å². The molecule has 0 atom stereocenters. The first-order valence-electron chi connectivity index (χ1n) is 5.69. The summed E-state index contributed by atoms with van der Waals surface area (Å²) in [6.45, 7) is 4.41. The molecular formula is C13H19NO. The maximum absolute atomic E-state index is 5.82. The molecule has 2 nitrogen and oxygen atoms in total. The molecule has 0 spiro atoms. The van der Waals surface area contributed by atoms with E-state index in [9.17, 15) is 0 Å². The van der Waals surface area contributed by atoms with E-state index in [1.165, 1.54) is 18.4 Å². The average molecular weight is 205 g/mol. The molecule has 0 aliphatic heterocycles. The average Bonchev–Trinajstić information content (AvgIpc) is 3.02. The van der Waals surface area contributed by atoms with Gasteiger partial charge in [0.05, 0.1) is 11.8 Å². The maximum atomic E-state index is 5.82. The molecular weight excluding hydrogens is 186 g/mol. The Hall–Kier alpha value is -1.18. The van der Waals surface area contributed by atoms with Crippen molar-refractivity contribution in [2.24, 2.45) is 0 Å². The van der Waals surface area contributed by atoms with Gasteiger partial charge in [-0.15, -0.1) is 0 Å². The van der Waals surface area contributed by atoms with Gasteiger partial charge in [0.1, 0.15) is 5.75 Å². The molecule has 0 saturated heterocycles. The normalized spacial score (nSPS) is 15.5. The summed E-state index contributed by atoms with van der Waals surface area (Å²) in [6, 6.07) is 6.42. The first kappa shape index (κ1) is 10.3. The van der Waals surface area contributed by atoms with Gasteiger partial charge in [-0.05, 0) is 36.5 Å². The molecule has 0 aromatic heterocycles. The molecule has 82 valence electrons. The van der Waals surface area contributed by atoms with Crippen LogP contribution in [0.4, 0.5) is 5.69 Å². The third kappa shape index (κ3) is 2.44. The van der Waals surface area contributed by atoms with Crippen LogP contribution in [0.1, 0.15) is 38.2 Å². The minimum Gasteiger partial charge on any atom is -0.488 e. The highest BCUT2D eigenvalue weighted by molar-refractivity contribution is 5.58. The van der Waals surface area contributed by atoms with Crippen LogP contribution in [0.5, 0.6) is 5.75 Å². The van der Waals surface area contributed by atoms with E-state index >= 15 is 0 Å². The first-order valence-corrected chi connectivity index (χ1v) is 5.69. The second-order valence-corrected chi connectivity index (χ2v) is 4.48. The summed E-state index contributed by atoms with van der Waals surface area (Å²) in [5.41, 5.74) is 2.45. The van der Waals surface area contributed by atoms with Crippen molar-refractivity contribution in [1.82, 2.24) is 0 Å². The largest absolute Gasteiger partial charge is 0.488 e. The molecule has 1 aromatic rings. The number of hydrogen-bond donors (Lipinski definition) is 1. The standard InChI is InChI=1S/C13H19NO/c1-9(2)10-4-7-13(12(8-10)14-3)15-11-5-6-11/h4,7-9,11,14H,5-6H2,1-3H3. The van der Waals surface area contributed by atoms with Gasteiger partial charge in [0.2, 0.25) is 0 Å². The minimum atomic E-state index is 0.460. The van der Waals surface area contributed by atoms with E-state index < -0.39 is 0 Å². The van der Waals surface area contributed by atoms with Gasteiger partial charge in [0.15, 0.2) is 0 Å². The Labute approximate surface area is 91.6 Å². The van der Waals surface area contributed by atoms with Crippen LogP contribution in [0.3, 0.4) is 0 Å². The van der Waals surface area contributed by atoms with E-state index in [1.807, 2.05) is 7.05 Å². The van der Waals surface area contributed by atoms with E-state index in [0.29, 0.717) is 12.0 Å². The van der Waals surface area contributed by atoms with E-state index in [1.54, 1.807) is 0 Å². The summed E-state index contributed by atoms with van der Waals surface area (Å²) in [6.07, 6.45) is 2.87. The van der Waals surface area contributed by atoms with Gasteiger partial charge in [-0.3, -0.25) is 0 Å².